The second-order valence-electron chi connectivity index (χ2n) is 20.1. The lowest BCUT2D eigenvalue weighted by Crippen LogP contribution is -2.30. The summed E-state index contributed by atoms with van der Waals surface area (Å²) in [5.74, 6) is -1.56. The summed E-state index contributed by atoms with van der Waals surface area (Å²) in [4.78, 5) is 48.7. The summed E-state index contributed by atoms with van der Waals surface area (Å²) in [5.41, 5.74) is 0. The van der Waals surface area contributed by atoms with Gasteiger partial charge in [0.15, 0.2) is 6.10 Å². The highest BCUT2D eigenvalue weighted by Crippen LogP contribution is 2.43. The van der Waals surface area contributed by atoms with Gasteiger partial charge in [0.25, 0.3) is 0 Å². The molecule has 0 fully saturated rings. The average molecular weight is 1110 g/mol. The van der Waals surface area contributed by atoms with Gasteiger partial charge in [-0.25, -0.2) is 4.57 Å². The summed E-state index contributed by atoms with van der Waals surface area (Å²) < 4.78 is 39.6. The number of hydrogen-bond donors (Lipinski definition) is 2. The number of aliphatic hydroxyl groups excluding tert-OH is 1. The van der Waals surface area contributed by atoms with Gasteiger partial charge < -0.3 is 24.2 Å². The molecular weight excluding hydrogens is 1000 g/mol. The fraction of sp³-hybridized carbons (Fsp3) is 0.682. The van der Waals surface area contributed by atoms with E-state index in [0.29, 0.717) is 25.7 Å². The highest BCUT2D eigenvalue weighted by molar-refractivity contribution is 7.47. The van der Waals surface area contributed by atoms with Crippen LogP contribution in [-0.2, 0) is 42.2 Å². The van der Waals surface area contributed by atoms with Crippen molar-refractivity contribution in [2.45, 2.75) is 264 Å². The number of esters is 3. The summed E-state index contributed by atoms with van der Waals surface area (Å²) in [7, 11) is -4.77. The zero-order valence-electron chi connectivity index (χ0n) is 49.3. The van der Waals surface area contributed by atoms with Crippen LogP contribution in [0.5, 0.6) is 0 Å². The van der Waals surface area contributed by atoms with Crippen LogP contribution in [0.2, 0.25) is 0 Å². The molecule has 78 heavy (non-hydrogen) atoms. The zero-order valence-corrected chi connectivity index (χ0v) is 50.2. The lowest BCUT2D eigenvalue weighted by molar-refractivity contribution is -0.161. The smallest absolute Gasteiger partial charge is 0.462 e. The van der Waals surface area contributed by atoms with Crippen molar-refractivity contribution in [3.8, 4) is 0 Å². The third-order valence-corrected chi connectivity index (χ3v) is 13.6. The Bertz CT molecular complexity index is 1720. The minimum atomic E-state index is -4.77. The Morgan fingerprint density at radius 2 is 0.679 bits per heavy atom. The van der Waals surface area contributed by atoms with Crippen LogP contribution in [0.3, 0.4) is 0 Å². The van der Waals surface area contributed by atoms with Gasteiger partial charge in [0, 0.05) is 19.3 Å². The standard InChI is InChI=1S/C66H111O11P/c1-4-7-10-13-16-19-22-25-28-31-34-37-40-43-46-49-52-55-64(68)73-59-63(77-66(70)57-54-51-48-45-42-39-36-33-30-27-24-21-18-15-12-9-6-3)61-75-78(71,72)74-60-62(58-67)76-65(69)56-53-50-47-44-41-38-35-32-29-26-23-20-17-14-11-8-5-2/h7,10,16-21,25-30,34,37,43,46,62-63,67H,4-6,8-9,11-15,22-24,31-33,35-36,38-42,44-45,47-61H2,1-3H3,(H,71,72)/b10-7-,19-16-,20-17-,21-18-,28-25-,29-26-,30-27-,37-34-,46-43-. The quantitative estimate of drug-likeness (QED) is 0.0197. The van der Waals surface area contributed by atoms with Crippen LogP contribution in [0, 0.1) is 0 Å². The van der Waals surface area contributed by atoms with Crippen molar-refractivity contribution in [2.24, 2.45) is 0 Å². The van der Waals surface area contributed by atoms with Gasteiger partial charge in [-0.3, -0.25) is 23.4 Å². The van der Waals surface area contributed by atoms with Gasteiger partial charge in [0.05, 0.1) is 19.8 Å². The van der Waals surface area contributed by atoms with E-state index in [-0.39, 0.29) is 25.9 Å². The van der Waals surface area contributed by atoms with E-state index in [9.17, 15) is 28.9 Å². The predicted molar refractivity (Wildman–Crippen MR) is 325 cm³/mol. The summed E-state index contributed by atoms with van der Waals surface area (Å²) in [6.07, 6.45) is 71.8. The first-order valence-corrected chi connectivity index (χ1v) is 32.3. The maximum absolute atomic E-state index is 12.9. The summed E-state index contributed by atoms with van der Waals surface area (Å²) in [6.45, 7) is 4.41. The highest BCUT2D eigenvalue weighted by Gasteiger charge is 2.28. The molecule has 0 aromatic rings. The first-order valence-electron chi connectivity index (χ1n) is 30.8. The van der Waals surface area contributed by atoms with Crippen LogP contribution in [0.15, 0.2) is 109 Å². The molecule has 3 atom stereocenters. The molecule has 0 aliphatic heterocycles. The molecule has 11 nitrogen and oxygen atoms in total. The van der Waals surface area contributed by atoms with Gasteiger partial charge in [-0.2, -0.15) is 0 Å². The predicted octanol–water partition coefficient (Wildman–Crippen LogP) is 18.6. The second kappa shape index (κ2) is 59.3. The molecule has 0 aliphatic rings. The Hall–Kier alpha value is -3.86. The minimum Gasteiger partial charge on any atom is -0.462 e. The Labute approximate surface area is 475 Å². The molecule has 0 amide bonds. The maximum atomic E-state index is 12.9. The molecule has 0 saturated heterocycles. The van der Waals surface area contributed by atoms with Crippen LogP contribution < -0.4 is 0 Å². The Kier molecular flexibility index (Phi) is 56.3. The Morgan fingerprint density at radius 3 is 1.06 bits per heavy atom. The Balaban J connectivity index is 4.80. The molecule has 0 heterocycles. The number of phosphoric ester groups is 1. The van der Waals surface area contributed by atoms with E-state index in [2.05, 4.69) is 124 Å². The van der Waals surface area contributed by atoms with Crippen molar-refractivity contribution in [3.63, 3.8) is 0 Å². The molecule has 0 spiro atoms. The SMILES string of the molecule is CC/C=C\C/C=C\C/C=C\C/C=C\C/C=C\CCCC(=O)OCC(COP(=O)(O)OCC(CO)OC(=O)CCCCCCCCC/C=C\C/C=C\CCCCC)OC(=O)CCCCCCCCC/C=C\C/C=C\CCCCC. The molecule has 12 heteroatoms. The zero-order chi connectivity index (χ0) is 56.9. The number of ether oxygens (including phenoxy) is 3. The molecule has 0 rings (SSSR count). The van der Waals surface area contributed by atoms with E-state index in [1.807, 2.05) is 6.08 Å². The molecule has 2 N–H and O–H groups in total. The van der Waals surface area contributed by atoms with E-state index in [0.717, 1.165) is 109 Å². The van der Waals surface area contributed by atoms with Gasteiger partial charge in [0.1, 0.15) is 12.7 Å². The normalized spacial score (nSPS) is 14.1. The van der Waals surface area contributed by atoms with Crippen molar-refractivity contribution in [2.75, 3.05) is 26.4 Å². The molecule has 446 valence electrons. The minimum absolute atomic E-state index is 0.141. The molecule has 0 saturated carbocycles. The lowest BCUT2D eigenvalue weighted by Gasteiger charge is -2.21. The fourth-order valence-electron chi connectivity index (χ4n) is 7.98. The number of hydrogen-bond acceptors (Lipinski definition) is 10. The number of allylic oxidation sites excluding steroid dienone is 18. The largest absolute Gasteiger partial charge is 0.472 e. The molecule has 0 aromatic carbocycles. The van der Waals surface area contributed by atoms with Crippen molar-refractivity contribution in [1.29, 1.82) is 0 Å². The van der Waals surface area contributed by atoms with Gasteiger partial charge >= 0.3 is 25.7 Å². The lowest BCUT2D eigenvalue weighted by atomic mass is 10.1. The van der Waals surface area contributed by atoms with Gasteiger partial charge in [-0.1, -0.05) is 220 Å². The van der Waals surface area contributed by atoms with Crippen molar-refractivity contribution in [3.05, 3.63) is 109 Å². The van der Waals surface area contributed by atoms with E-state index in [1.54, 1.807) is 0 Å². The summed E-state index contributed by atoms with van der Waals surface area (Å²) >= 11 is 0. The molecule has 0 aliphatic carbocycles. The third kappa shape index (κ3) is 56.8. The first kappa shape index (κ1) is 74.1. The van der Waals surface area contributed by atoms with E-state index in [1.165, 1.54) is 77.0 Å². The maximum Gasteiger partial charge on any atom is 0.472 e. The summed E-state index contributed by atoms with van der Waals surface area (Å²) in [6, 6.07) is 0. The van der Waals surface area contributed by atoms with Gasteiger partial charge in [-0.15, -0.1) is 0 Å². The Morgan fingerprint density at radius 1 is 0.372 bits per heavy atom. The number of rotatable bonds is 56. The number of carbonyl (C=O) groups is 3. The molecule has 3 unspecified atom stereocenters. The first-order chi connectivity index (χ1) is 38.2. The second-order valence-corrected chi connectivity index (χ2v) is 21.6. The summed E-state index contributed by atoms with van der Waals surface area (Å²) in [5, 5.41) is 9.84. The van der Waals surface area contributed by atoms with Crippen LogP contribution in [0.25, 0.3) is 0 Å². The fourth-order valence-corrected chi connectivity index (χ4v) is 8.77. The number of unbranched alkanes of at least 4 members (excludes halogenated alkanes) is 21. The van der Waals surface area contributed by atoms with Crippen molar-refractivity contribution < 1.29 is 52.2 Å². The van der Waals surface area contributed by atoms with Gasteiger partial charge in [-0.05, 0) is 122 Å². The monoisotopic (exact) mass is 1110 g/mol. The molecular formula is C66H111O11P. The van der Waals surface area contributed by atoms with Crippen LogP contribution in [0.4, 0.5) is 0 Å². The van der Waals surface area contributed by atoms with Crippen LogP contribution >= 0.6 is 7.82 Å². The highest BCUT2D eigenvalue weighted by atomic mass is 31.2. The average Bonchev–Trinajstić information content (AvgIpc) is 3.43. The van der Waals surface area contributed by atoms with Gasteiger partial charge in [0.2, 0.25) is 0 Å². The number of aliphatic hydroxyl groups is 1. The van der Waals surface area contributed by atoms with E-state index in [4.69, 9.17) is 23.3 Å². The topological polar surface area (TPSA) is 155 Å². The molecule has 0 aromatic heterocycles. The van der Waals surface area contributed by atoms with E-state index < -0.39 is 57.8 Å². The van der Waals surface area contributed by atoms with E-state index >= 15 is 0 Å². The third-order valence-electron chi connectivity index (χ3n) is 12.6. The number of phosphoric acid groups is 1. The molecule has 0 bridgehead atoms. The van der Waals surface area contributed by atoms with Crippen LogP contribution in [0.1, 0.15) is 252 Å². The number of carbonyl (C=O) groups excluding carboxylic acids is 3. The van der Waals surface area contributed by atoms with Crippen LogP contribution in [-0.4, -0.2) is 66.5 Å². The van der Waals surface area contributed by atoms with Crippen molar-refractivity contribution >= 4 is 25.7 Å². The van der Waals surface area contributed by atoms with Crippen molar-refractivity contribution in [1.82, 2.24) is 0 Å². The molecule has 0 radical (unpaired) electrons.